The summed E-state index contributed by atoms with van der Waals surface area (Å²) >= 11 is 6.11. The minimum absolute atomic E-state index is 0.389. The van der Waals surface area contributed by atoms with Crippen LogP contribution in [0.25, 0.3) is 22.6 Å². The van der Waals surface area contributed by atoms with E-state index < -0.39 is 0 Å². The molecule has 1 fully saturated rings. The fourth-order valence-electron chi connectivity index (χ4n) is 3.44. The summed E-state index contributed by atoms with van der Waals surface area (Å²) in [7, 11) is 0. The van der Waals surface area contributed by atoms with Gasteiger partial charge in [-0.25, -0.2) is 0 Å². The van der Waals surface area contributed by atoms with Crippen LogP contribution in [0, 0.1) is 11.3 Å². The number of benzene rings is 2. The first-order valence-corrected chi connectivity index (χ1v) is 10.3. The third kappa shape index (κ3) is 4.82. The molecule has 4 rings (SSSR count). The van der Waals surface area contributed by atoms with Crippen molar-refractivity contribution in [2.75, 3.05) is 39.5 Å². The number of allylic oxidation sites excluding steroid dienone is 1. The number of nitrogens with zero attached hydrogens (tertiary/aromatic N) is 3. The van der Waals surface area contributed by atoms with E-state index in [1.165, 1.54) is 0 Å². The first kappa shape index (κ1) is 20.4. The summed E-state index contributed by atoms with van der Waals surface area (Å²) in [6.45, 7) is 5.13. The van der Waals surface area contributed by atoms with Crippen LogP contribution in [-0.2, 0) is 4.74 Å². The fourth-order valence-corrected chi connectivity index (χ4v) is 3.61. The minimum atomic E-state index is 0.389. The molecule has 0 N–H and O–H groups in total. The van der Waals surface area contributed by atoms with Crippen LogP contribution in [0.1, 0.15) is 17.7 Å². The van der Waals surface area contributed by atoms with E-state index in [1.807, 2.05) is 24.3 Å². The standard InChI is InChI=1S/C23H22ClN3O3/c24-19-6-7-22-20(15-19)23(26-30-22)18(16-25)14-17-4-1-2-5-21(17)29-11-3-8-27-9-12-28-13-10-27/h1-2,4-7,14-15H,3,8-13H2/b18-14+. The number of fused-ring (bicyclic) bond motifs is 1. The number of hydrogen-bond donors (Lipinski definition) is 0. The van der Waals surface area contributed by atoms with Crippen molar-refractivity contribution in [3.8, 4) is 11.8 Å². The summed E-state index contributed by atoms with van der Waals surface area (Å²) in [6.07, 6.45) is 2.70. The number of halogens is 1. The van der Waals surface area contributed by atoms with Gasteiger partial charge < -0.3 is 14.0 Å². The van der Waals surface area contributed by atoms with Crippen LogP contribution in [0.15, 0.2) is 47.0 Å². The predicted molar refractivity (Wildman–Crippen MR) is 116 cm³/mol. The predicted octanol–water partition coefficient (Wildman–Crippen LogP) is 4.65. The number of ether oxygens (including phenoxy) is 2. The number of para-hydroxylation sites is 1. The van der Waals surface area contributed by atoms with Gasteiger partial charge in [0.25, 0.3) is 0 Å². The monoisotopic (exact) mass is 423 g/mol. The zero-order valence-corrected chi connectivity index (χ0v) is 17.3. The van der Waals surface area contributed by atoms with Gasteiger partial charge in [-0.05, 0) is 36.8 Å². The van der Waals surface area contributed by atoms with Crippen LogP contribution in [0.3, 0.4) is 0 Å². The van der Waals surface area contributed by atoms with E-state index in [9.17, 15) is 5.26 Å². The Balaban J connectivity index is 1.49. The Morgan fingerprint density at radius 2 is 2.07 bits per heavy atom. The van der Waals surface area contributed by atoms with Gasteiger partial charge in [-0.15, -0.1) is 0 Å². The Morgan fingerprint density at radius 3 is 2.90 bits per heavy atom. The Labute approximate surface area is 180 Å². The maximum absolute atomic E-state index is 9.75. The molecule has 3 aromatic rings. The van der Waals surface area contributed by atoms with Gasteiger partial charge in [-0.3, -0.25) is 4.90 Å². The normalized spacial score (nSPS) is 15.3. The van der Waals surface area contributed by atoms with Crippen molar-refractivity contribution in [1.29, 1.82) is 5.26 Å². The molecule has 0 spiro atoms. The Hall–Kier alpha value is -2.85. The van der Waals surface area contributed by atoms with Crippen LogP contribution in [0.2, 0.25) is 5.02 Å². The molecule has 0 amide bonds. The lowest BCUT2D eigenvalue weighted by Crippen LogP contribution is -2.37. The number of nitriles is 1. The molecule has 154 valence electrons. The molecule has 0 saturated carbocycles. The lowest BCUT2D eigenvalue weighted by Gasteiger charge is -2.26. The second kappa shape index (κ2) is 9.77. The lowest BCUT2D eigenvalue weighted by molar-refractivity contribution is 0.0358. The maximum atomic E-state index is 9.75. The van der Waals surface area contributed by atoms with E-state index in [0.717, 1.165) is 50.6 Å². The quantitative estimate of drug-likeness (QED) is 0.407. The number of morpholine rings is 1. The molecule has 1 aliphatic heterocycles. The number of hydrogen-bond acceptors (Lipinski definition) is 6. The zero-order chi connectivity index (χ0) is 20.8. The molecule has 1 aromatic heterocycles. The highest BCUT2D eigenvalue weighted by Gasteiger charge is 2.14. The number of aromatic nitrogens is 1. The highest BCUT2D eigenvalue weighted by molar-refractivity contribution is 6.31. The summed E-state index contributed by atoms with van der Waals surface area (Å²) < 4.78 is 16.7. The Kier molecular flexibility index (Phi) is 6.65. The highest BCUT2D eigenvalue weighted by atomic mass is 35.5. The van der Waals surface area contributed by atoms with Gasteiger partial charge in [0.05, 0.1) is 30.8 Å². The van der Waals surface area contributed by atoms with Crippen molar-refractivity contribution in [2.24, 2.45) is 0 Å². The van der Waals surface area contributed by atoms with Gasteiger partial charge in [-0.2, -0.15) is 5.26 Å². The summed E-state index contributed by atoms with van der Waals surface area (Å²) in [5, 5.41) is 15.1. The summed E-state index contributed by atoms with van der Waals surface area (Å²) in [4.78, 5) is 2.38. The van der Waals surface area contributed by atoms with E-state index in [4.69, 9.17) is 25.6 Å². The maximum Gasteiger partial charge on any atom is 0.167 e. The largest absolute Gasteiger partial charge is 0.493 e. The molecule has 0 bridgehead atoms. The molecular formula is C23H22ClN3O3. The molecule has 1 saturated heterocycles. The number of rotatable bonds is 7. The molecule has 0 atom stereocenters. The summed E-state index contributed by atoms with van der Waals surface area (Å²) in [5.74, 6) is 0.734. The lowest BCUT2D eigenvalue weighted by atomic mass is 10.1. The molecule has 1 aliphatic rings. The molecule has 6 nitrogen and oxygen atoms in total. The minimum Gasteiger partial charge on any atom is -0.493 e. The van der Waals surface area contributed by atoms with Crippen LogP contribution in [0.4, 0.5) is 0 Å². The summed E-state index contributed by atoms with van der Waals surface area (Å²) in [6, 6.07) is 15.1. The third-order valence-electron chi connectivity index (χ3n) is 5.01. The highest BCUT2D eigenvalue weighted by Crippen LogP contribution is 2.30. The van der Waals surface area contributed by atoms with Gasteiger partial charge in [0.15, 0.2) is 5.58 Å². The van der Waals surface area contributed by atoms with Gasteiger partial charge in [0.1, 0.15) is 17.5 Å². The first-order valence-electron chi connectivity index (χ1n) is 9.93. The molecule has 0 unspecified atom stereocenters. The topological polar surface area (TPSA) is 71.5 Å². The van der Waals surface area contributed by atoms with Crippen molar-refractivity contribution in [3.05, 3.63) is 58.7 Å². The molecule has 0 aliphatic carbocycles. The van der Waals surface area contributed by atoms with Crippen LogP contribution >= 0.6 is 11.6 Å². The Bertz CT molecular complexity index is 1080. The third-order valence-corrected chi connectivity index (χ3v) is 5.24. The Morgan fingerprint density at radius 1 is 1.23 bits per heavy atom. The molecule has 7 heteroatoms. The summed E-state index contributed by atoms with van der Waals surface area (Å²) in [5.41, 5.74) is 2.26. The van der Waals surface area contributed by atoms with E-state index >= 15 is 0 Å². The van der Waals surface area contributed by atoms with Gasteiger partial charge >= 0.3 is 0 Å². The van der Waals surface area contributed by atoms with Crippen molar-refractivity contribution in [1.82, 2.24) is 10.1 Å². The average molecular weight is 424 g/mol. The van der Waals surface area contributed by atoms with Crippen molar-refractivity contribution in [2.45, 2.75) is 6.42 Å². The van der Waals surface area contributed by atoms with E-state index in [0.29, 0.717) is 33.9 Å². The van der Waals surface area contributed by atoms with Crippen LogP contribution in [0.5, 0.6) is 5.75 Å². The average Bonchev–Trinajstić information content (AvgIpc) is 3.19. The van der Waals surface area contributed by atoms with Crippen LogP contribution in [-0.4, -0.2) is 49.5 Å². The molecule has 2 heterocycles. The second-order valence-corrected chi connectivity index (χ2v) is 7.47. The SMILES string of the molecule is N#C/C(=C\c1ccccc1OCCCN1CCOCC1)c1noc2ccc(Cl)cc12. The first-order chi connectivity index (χ1) is 14.7. The van der Waals surface area contributed by atoms with E-state index in [2.05, 4.69) is 16.1 Å². The van der Waals surface area contributed by atoms with Crippen molar-refractivity contribution < 1.29 is 14.0 Å². The van der Waals surface area contributed by atoms with Crippen molar-refractivity contribution >= 4 is 34.2 Å². The van der Waals surface area contributed by atoms with Crippen molar-refractivity contribution in [3.63, 3.8) is 0 Å². The van der Waals surface area contributed by atoms with E-state index in [1.54, 1.807) is 24.3 Å². The smallest absolute Gasteiger partial charge is 0.167 e. The van der Waals surface area contributed by atoms with Gasteiger partial charge in [-0.1, -0.05) is 35.0 Å². The molecule has 2 aromatic carbocycles. The van der Waals surface area contributed by atoms with Gasteiger partial charge in [0, 0.05) is 30.2 Å². The molecular weight excluding hydrogens is 402 g/mol. The molecule has 30 heavy (non-hydrogen) atoms. The molecule has 0 radical (unpaired) electrons. The zero-order valence-electron chi connectivity index (χ0n) is 16.5. The van der Waals surface area contributed by atoms with Crippen LogP contribution < -0.4 is 4.74 Å². The van der Waals surface area contributed by atoms with Gasteiger partial charge in [0.2, 0.25) is 0 Å². The van der Waals surface area contributed by atoms with E-state index in [-0.39, 0.29) is 0 Å². The fraction of sp³-hybridized carbons (Fsp3) is 0.304. The second-order valence-electron chi connectivity index (χ2n) is 7.04.